The molecule has 0 aliphatic heterocycles. The van der Waals surface area contributed by atoms with E-state index in [2.05, 4.69) is 18.1 Å². The molecule has 0 saturated carbocycles. The Morgan fingerprint density at radius 2 is 2.07 bits per heavy atom. The van der Waals surface area contributed by atoms with E-state index in [-0.39, 0.29) is 11.2 Å². The highest BCUT2D eigenvalue weighted by atomic mass is 32.1. The van der Waals surface area contributed by atoms with Gasteiger partial charge in [-0.25, -0.2) is 5.01 Å². The van der Waals surface area contributed by atoms with Crippen LogP contribution in [0.25, 0.3) is 0 Å². The summed E-state index contributed by atoms with van der Waals surface area (Å²) in [4.78, 5) is 11.7. The summed E-state index contributed by atoms with van der Waals surface area (Å²) in [5, 5.41) is 1.97. The molecule has 1 atom stereocenters. The summed E-state index contributed by atoms with van der Waals surface area (Å²) in [6, 6.07) is 9.14. The molecule has 0 heterocycles. The van der Waals surface area contributed by atoms with Crippen molar-refractivity contribution in [3.05, 3.63) is 35.9 Å². The van der Waals surface area contributed by atoms with Crippen LogP contribution in [0.2, 0.25) is 0 Å². The predicted molar refractivity (Wildman–Crippen MR) is 65.0 cm³/mol. The van der Waals surface area contributed by atoms with E-state index >= 15 is 0 Å². The van der Waals surface area contributed by atoms with Crippen LogP contribution in [0.3, 0.4) is 0 Å². The zero-order valence-electron chi connectivity index (χ0n) is 8.97. The fourth-order valence-electron chi connectivity index (χ4n) is 1.27. The number of amides is 1. The van der Waals surface area contributed by atoms with Crippen LogP contribution in [0.1, 0.15) is 17.3 Å². The SMILES string of the molecule is CC(S)CN(C)NC(=O)c1ccccc1. The quantitative estimate of drug-likeness (QED) is 0.601. The van der Waals surface area contributed by atoms with Crippen LogP contribution in [-0.2, 0) is 0 Å². The molecular weight excluding hydrogens is 208 g/mol. The third kappa shape index (κ3) is 4.36. The highest BCUT2D eigenvalue weighted by Gasteiger charge is 2.08. The van der Waals surface area contributed by atoms with E-state index in [0.717, 1.165) is 0 Å². The van der Waals surface area contributed by atoms with E-state index in [4.69, 9.17) is 0 Å². The zero-order valence-corrected chi connectivity index (χ0v) is 9.87. The number of nitrogens with zero attached hydrogens (tertiary/aromatic N) is 1. The van der Waals surface area contributed by atoms with Crippen molar-refractivity contribution < 1.29 is 4.79 Å². The largest absolute Gasteiger partial charge is 0.285 e. The van der Waals surface area contributed by atoms with Crippen molar-refractivity contribution in [1.82, 2.24) is 10.4 Å². The lowest BCUT2D eigenvalue weighted by Crippen LogP contribution is -2.41. The van der Waals surface area contributed by atoms with Gasteiger partial charge in [-0.3, -0.25) is 10.2 Å². The number of hydrogen-bond donors (Lipinski definition) is 2. The van der Waals surface area contributed by atoms with Crippen molar-refractivity contribution in [3.8, 4) is 0 Å². The lowest BCUT2D eigenvalue weighted by atomic mass is 10.2. The van der Waals surface area contributed by atoms with Gasteiger partial charge in [0, 0.05) is 24.4 Å². The summed E-state index contributed by atoms with van der Waals surface area (Å²) in [5.41, 5.74) is 3.44. The highest BCUT2D eigenvalue weighted by molar-refractivity contribution is 7.80. The molecule has 1 amide bonds. The maximum Gasteiger partial charge on any atom is 0.265 e. The van der Waals surface area contributed by atoms with E-state index < -0.39 is 0 Å². The molecule has 4 heteroatoms. The molecule has 1 N–H and O–H groups in total. The molecule has 1 rings (SSSR count). The number of carbonyl (C=O) groups is 1. The van der Waals surface area contributed by atoms with Crippen molar-refractivity contribution in [2.24, 2.45) is 0 Å². The first-order chi connectivity index (χ1) is 7.09. The van der Waals surface area contributed by atoms with Crippen LogP contribution in [0.15, 0.2) is 30.3 Å². The van der Waals surface area contributed by atoms with Crippen molar-refractivity contribution >= 4 is 18.5 Å². The molecule has 1 unspecified atom stereocenters. The maximum absolute atomic E-state index is 11.7. The van der Waals surface area contributed by atoms with Gasteiger partial charge in [0.15, 0.2) is 0 Å². The molecular formula is C11H16N2OS. The predicted octanol–water partition coefficient (Wildman–Crippen LogP) is 1.58. The number of hydrogen-bond acceptors (Lipinski definition) is 3. The molecule has 0 fully saturated rings. The third-order valence-electron chi connectivity index (χ3n) is 1.87. The molecule has 0 spiro atoms. The molecule has 0 aliphatic rings. The molecule has 1 aromatic rings. The van der Waals surface area contributed by atoms with E-state index in [0.29, 0.717) is 12.1 Å². The molecule has 0 aliphatic carbocycles. The number of carbonyl (C=O) groups excluding carboxylic acids is 1. The van der Waals surface area contributed by atoms with Gasteiger partial charge in [-0.15, -0.1) is 0 Å². The Morgan fingerprint density at radius 1 is 1.47 bits per heavy atom. The standard InChI is InChI=1S/C11H16N2OS/c1-9(15)8-13(2)12-11(14)10-6-4-3-5-7-10/h3-7,9,15H,8H2,1-2H3,(H,12,14). The molecule has 82 valence electrons. The molecule has 15 heavy (non-hydrogen) atoms. The van der Waals surface area contributed by atoms with Crippen LogP contribution in [0, 0.1) is 0 Å². The average Bonchev–Trinajstić information content (AvgIpc) is 2.17. The Hall–Kier alpha value is -1.00. The second-order valence-corrected chi connectivity index (χ2v) is 4.42. The lowest BCUT2D eigenvalue weighted by molar-refractivity contribution is 0.0830. The third-order valence-corrected chi connectivity index (χ3v) is 2.03. The molecule has 0 aromatic heterocycles. The van der Waals surface area contributed by atoms with E-state index in [9.17, 15) is 4.79 Å². The first-order valence-electron chi connectivity index (χ1n) is 4.85. The van der Waals surface area contributed by atoms with Gasteiger partial charge in [0.2, 0.25) is 0 Å². The minimum Gasteiger partial charge on any atom is -0.285 e. The number of thiol groups is 1. The second kappa shape index (κ2) is 5.78. The monoisotopic (exact) mass is 224 g/mol. The minimum absolute atomic E-state index is 0.0907. The highest BCUT2D eigenvalue weighted by Crippen LogP contribution is 1.99. The first kappa shape index (κ1) is 12.1. The van der Waals surface area contributed by atoms with Gasteiger partial charge in [0.1, 0.15) is 0 Å². The summed E-state index contributed by atoms with van der Waals surface area (Å²) in [6.45, 7) is 2.69. The molecule has 3 nitrogen and oxygen atoms in total. The number of nitrogens with one attached hydrogen (secondary N) is 1. The zero-order chi connectivity index (χ0) is 11.3. The van der Waals surface area contributed by atoms with Crippen molar-refractivity contribution in [2.75, 3.05) is 13.6 Å². The Bertz CT molecular complexity index is 314. The van der Waals surface area contributed by atoms with Gasteiger partial charge in [-0.2, -0.15) is 12.6 Å². The van der Waals surface area contributed by atoms with Gasteiger partial charge in [-0.1, -0.05) is 25.1 Å². The summed E-state index contributed by atoms with van der Waals surface area (Å²) < 4.78 is 0. The first-order valence-corrected chi connectivity index (χ1v) is 5.36. The van der Waals surface area contributed by atoms with Gasteiger partial charge >= 0.3 is 0 Å². The summed E-state index contributed by atoms with van der Waals surface area (Å²) in [5.74, 6) is -0.0907. The van der Waals surface area contributed by atoms with Gasteiger partial charge in [-0.05, 0) is 12.1 Å². The minimum atomic E-state index is -0.0907. The fraction of sp³-hybridized carbons (Fsp3) is 0.364. The Morgan fingerprint density at radius 3 is 2.60 bits per heavy atom. The van der Waals surface area contributed by atoms with Crippen LogP contribution in [0.4, 0.5) is 0 Å². The van der Waals surface area contributed by atoms with Crippen LogP contribution in [0.5, 0.6) is 0 Å². The second-order valence-electron chi connectivity index (χ2n) is 3.54. The number of hydrazine groups is 1. The topological polar surface area (TPSA) is 32.3 Å². The van der Waals surface area contributed by atoms with Crippen molar-refractivity contribution in [3.63, 3.8) is 0 Å². The number of rotatable bonds is 4. The maximum atomic E-state index is 11.7. The van der Waals surface area contributed by atoms with Gasteiger partial charge in [0.25, 0.3) is 5.91 Å². The molecule has 0 saturated heterocycles. The molecule has 0 radical (unpaired) electrons. The van der Waals surface area contributed by atoms with Gasteiger partial charge in [0.05, 0.1) is 0 Å². The Kier molecular flexibility index (Phi) is 4.65. The van der Waals surface area contributed by atoms with E-state index in [1.165, 1.54) is 0 Å². The lowest BCUT2D eigenvalue weighted by Gasteiger charge is -2.19. The Labute approximate surface area is 95.9 Å². The summed E-state index contributed by atoms with van der Waals surface area (Å²) in [6.07, 6.45) is 0. The van der Waals surface area contributed by atoms with Crippen LogP contribution >= 0.6 is 12.6 Å². The number of benzene rings is 1. The summed E-state index contributed by atoms with van der Waals surface area (Å²) in [7, 11) is 1.83. The average molecular weight is 224 g/mol. The van der Waals surface area contributed by atoms with E-state index in [1.54, 1.807) is 17.1 Å². The molecule has 0 bridgehead atoms. The summed E-state index contributed by atoms with van der Waals surface area (Å²) >= 11 is 4.25. The van der Waals surface area contributed by atoms with Crippen molar-refractivity contribution in [1.29, 1.82) is 0 Å². The molecule has 1 aromatic carbocycles. The van der Waals surface area contributed by atoms with Gasteiger partial charge < -0.3 is 0 Å². The van der Waals surface area contributed by atoms with E-state index in [1.807, 2.05) is 32.2 Å². The smallest absolute Gasteiger partial charge is 0.265 e. The van der Waals surface area contributed by atoms with Crippen molar-refractivity contribution in [2.45, 2.75) is 12.2 Å². The fourth-order valence-corrected chi connectivity index (χ4v) is 1.51. The van der Waals surface area contributed by atoms with Crippen LogP contribution < -0.4 is 5.43 Å². The van der Waals surface area contributed by atoms with Crippen LogP contribution in [-0.4, -0.2) is 29.8 Å². The Balaban J connectivity index is 2.49. The normalized spacial score (nSPS) is 12.5.